The molecule has 0 N–H and O–H groups in total. The van der Waals surface area contributed by atoms with Crippen LogP contribution in [0.3, 0.4) is 0 Å². The predicted octanol–water partition coefficient (Wildman–Crippen LogP) is 3.94. The molecule has 124 valence electrons. The number of rotatable bonds is 5. The fourth-order valence-corrected chi connectivity index (χ4v) is 2.96. The molecule has 0 saturated carbocycles. The third kappa shape index (κ3) is 4.33. The van der Waals surface area contributed by atoms with E-state index < -0.39 is 0 Å². The summed E-state index contributed by atoms with van der Waals surface area (Å²) in [5, 5.41) is 0. The van der Waals surface area contributed by atoms with E-state index in [1.54, 1.807) is 0 Å². The van der Waals surface area contributed by atoms with Crippen molar-refractivity contribution in [3.63, 3.8) is 0 Å². The van der Waals surface area contributed by atoms with E-state index >= 15 is 0 Å². The number of carbonyl (C=O) groups is 1. The number of ketones is 1. The van der Waals surface area contributed by atoms with Gasteiger partial charge in [-0.15, -0.1) is 0 Å². The molecule has 2 aromatic rings. The van der Waals surface area contributed by atoms with Crippen molar-refractivity contribution in [1.82, 2.24) is 4.90 Å². The highest BCUT2D eigenvalue weighted by atomic mass is 16.5. The van der Waals surface area contributed by atoms with Crippen LogP contribution in [0.2, 0.25) is 0 Å². The van der Waals surface area contributed by atoms with Gasteiger partial charge in [-0.1, -0.05) is 42.5 Å². The van der Waals surface area contributed by atoms with Crippen LogP contribution in [-0.2, 0) is 11.3 Å². The molecule has 1 heterocycles. The van der Waals surface area contributed by atoms with Gasteiger partial charge in [0.05, 0.1) is 6.61 Å². The molecule has 3 rings (SSSR count). The van der Waals surface area contributed by atoms with E-state index in [1.807, 2.05) is 43.3 Å². The molecule has 3 heteroatoms. The largest absolute Gasteiger partial charge is 0.494 e. The van der Waals surface area contributed by atoms with Crippen molar-refractivity contribution in [3.05, 3.63) is 71.3 Å². The van der Waals surface area contributed by atoms with Gasteiger partial charge in [0.1, 0.15) is 5.75 Å². The molecule has 1 saturated heterocycles. The third-order valence-corrected chi connectivity index (χ3v) is 4.19. The summed E-state index contributed by atoms with van der Waals surface area (Å²) >= 11 is 0. The maximum Gasteiger partial charge on any atom is 0.161 e. The number of ether oxygens (including phenoxy) is 1. The Morgan fingerprint density at radius 2 is 1.83 bits per heavy atom. The third-order valence-electron chi connectivity index (χ3n) is 4.19. The summed E-state index contributed by atoms with van der Waals surface area (Å²) in [4.78, 5) is 14.6. The van der Waals surface area contributed by atoms with E-state index in [9.17, 15) is 4.79 Å². The lowest BCUT2D eigenvalue weighted by atomic mass is 10.00. The van der Waals surface area contributed by atoms with Crippen LogP contribution in [0.1, 0.15) is 24.5 Å². The molecule has 0 aliphatic carbocycles. The van der Waals surface area contributed by atoms with Gasteiger partial charge in [-0.2, -0.15) is 0 Å². The second-order valence-electron chi connectivity index (χ2n) is 6.04. The Labute approximate surface area is 143 Å². The Hall–Kier alpha value is -2.39. The first-order valence-electron chi connectivity index (χ1n) is 8.47. The number of benzene rings is 2. The van der Waals surface area contributed by atoms with E-state index in [2.05, 4.69) is 29.2 Å². The standard InChI is InChI=1S/C21H23NO2/c1-2-24-20-10-8-17(9-11-20)14-19-16-22(13-12-21(19)23)15-18-6-4-3-5-7-18/h3-11,14H,2,12-13,15-16H2,1H3/b19-14+. The Morgan fingerprint density at radius 1 is 1.08 bits per heavy atom. The lowest BCUT2D eigenvalue weighted by molar-refractivity contribution is -0.117. The predicted molar refractivity (Wildman–Crippen MR) is 96.9 cm³/mol. The Balaban J connectivity index is 1.70. The zero-order valence-corrected chi connectivity index (χ0v) is 14.1. The first-order chi connectivity index (χ1) is 11.7. The fraction of sp³-hybridized carbons (Fsp3) is 0.286. The number of nitrogens with zero attached hydrogens (tertiary/aromatic N) is 1. The van der Waals surface area contributed by atoms with Gasteiger partial charge in [-0.3, -0.25) is 9.69 Å². The number of hydrogen-bond donors (Lipinski definition) is 0. The first kappa shape index (κ1) is 16.5. The Bertz CT molecular complexity index is 704. The Kier molecular flexibility index (Phi) is 5.44. The van der Waals surface area contributed by atoms with Crippen LogP contribution in [0.5, 0.6) is 5.75 Å². The molecule has 1 fully saturated rings. The van der Waals surface area contributed by atoms with Gasteiger partial charge in [0, 0.05) is 31.6 Å². The van der Waals surface area contributed by atoms with Crippen LogP contribution in [0.4, 0.5) is 0 Å². The van der Waals surface area contributed by atoms with Gasteiger partial charge in [0.15, 0.2) is 5.78 Å². The van der Waals surface area contributed by atoms with Crippen LogP contribution < -0.4 is 4.74 Å². The molecule has 1 aliphatic rings. The molecule has 2 aromatic carbocycles. The number of likely N-dealkylation sites (tertiary alicyclic amines) is 1. The molecule has 0 atom stereocenters. The second kappa shape index (κ2) is 7.93. The van der Waals surface area contributed by atoms with E-state index in [0.29, 0.717) is 19.6 Å². The monoisotopic (exact) mass is 321 g/mol. The lowest BCUT2D eigenvalue weighted by Gasteiger charge is -2.27. The molecule has 24 heavy (non-hydrogen) atoms. The van der Waals surface area contributed by atoms with Crippen molar-refractivity contribution in [2.45, 2.75) is 19.9 Å². The number of hydrogen-bond acceptors (Lipinski definition) is 3. The van der Waals surface area contributed by atoms with Crippen LogP contribution >= 0.6 is 0 Å². The zero-order valence-electron chi connectivity index (χ0n) is 14.1. The highest BCUT2D eigenvalue weighted by Gasteiger charge is 2.21. The van der Waals surface area contributed by atoms with Crippen LogP contribution in [0.25, 0.3) is 6.08 Å². The van der Waals surface area contributed by atoms with Crippen molar-refractivity contribution in [2.24, 2.45) is 0 Å². The van der Waals surface area contributed by atoms with Crippen LogP contribution in [0, 0.1) is 0 Å². The molecule has 1 aliphatic heterocycles. The van der Waals surface area contributed by atoms with Crippen LogP contribution in [-0.4, -0.2) is 30.4 Å². The van der Waals surface area contributed by atoms with E-state index in [4.69, 9.17) is 4.74 Å². The molecule has 3 nitrogen and oxygen atoms in total. The molecule has 0 bridgehead atoms. The van der Waals surface area contributed by atoms with Crippen molar-refractivity contribution in [1.29, 1.82) is 0 Å². The highest BCUT2D eigenvalue weighted by molar-refractivity contribution is 6.00. The number of Topliss-reactive ketones (excluding diaryl/α,β-unsaturated/α-hetero) is 1. The minimum atomic E-state index is 0.258. The summed E-state index contributed by atoms with van der Waals surface area (Å²) in [5.41, 5.74) is 3.22. The minimum absolute atomic E-state index is 0.258. The van der Waals surface area contributed by atoms with Gasteiger partial charge in [0.25, 0.3) is 0 Å². The van der Waals surface area contributed by atoms with E-state index in [-0.39, 0.29) is 5.78 Å². The smallest absolute Gasteiger partial charge is 0.161 e. The summed E-state index contributed by atoms with van der Waals surface area (Å²) < 4.78 is 5.46. The topological polar surface area (TPSA) is 29.5 Å². The SMILES string of the molecule is CCOc1ccc(/C=C2\CN(Cc3ccccc3)CCC2=O)cc1. The summed E-state index contributed by atoms with van der Waals surface area (Å²) in [7, 11) is 0. The van der Waals surface area contributed by atoms with Crippen LogP contribution in [0.15, 0.2) is 60.2 Å². The van der Waals surface area contributed by atoms with Crippen molar-refractivity contribution in [3.8, 4) is 5.75 Å². The average Bonchev–Trinajstić information content (AvgIpc) is 2.61. The maximum absolute atomic E-state index is 12.2. The highest BCUT2D eigenvalue weighted by Crippen LogP contribution is 2.20. The Morgan fingerprint density at radius 3 is 2.54 bits per heavy atom. The molecule has 0 amide bonds. The lowest BCUT2D eigenvalue weighted by Crippen LogP contribution is -2.35. The van der Waals surface area contributed by atoms with Gasteiger partial charge in [0.2, 0.25) is 0 Å². The van der Waals surface area contributed by atoms with E-state index in [0.717, 1.165) is 30.0 Å². The molecule has 0 aromatic heterocycles. The average molecular weight is 321 g/mol. The van der Waals surface area contributed by atoms with Crippen molar-refractivity contribution in [2.75, 3.05) is 19.7 Å². The number of piperidine rings is 1. The van der Waals surface area contributed by atoms with Crippen molar-refractivity contribution < 1.29 is 9.53 Å². The number of carbonyl (C=O) groups excluding carboxylic acids is 1. The van der Waals surface area contributed by atoms with Gasteiger partial charge in [-0.25, -0.2) is 0 Å². The second-order valence-corrected chi connectivity index (χ2v) is 6.04. The molecule has 0 radical (unpaired) electrons. The van der Waals surface area contributed by atoms with Gasteiger partial charge in [-0.05, 0) is 36.3 Å². The van der Waals surface area contributed by atoms with E-state index in [1.165, 1.54) is 5.56 Å². The normalized spacial score (nSPS) is 17.2. The summed E-state index contributed by atoms with van der Waals surface area (Å²) in [6.07, 6.45) is 2.60. The maximum atomic E-state index is 12.2. The first-order valence-corrected chi connectivity index (χ1v) is 8.47. The van der Waals surface area contributed by atoms with Gasteiger partial charge < -0.3 is 4.74 Å². The quantitative estimate of drug-likeness (QED) is 0.781. The van der Waals surface area contributed by atoms with Crippen molar-refractivity contribution >= 4 is 11.9 Å². The molecule has 0 spiro atoms. The molecular weight excluding hydrogens is 298 g/mol. The molecule has 0 unspecified atom stereocenters. The molecular formula is C21H23NO2. The summed E-state index contributed by atoms with van der Waals surface area (Å²) in [5.74, 6) is 1.12. The minimum Gasteiger partial charge on any atom is -0.494 e. The summed E-state index contributed by atoms with van der Waals surface area (Å²) in [6.45, 7) is 5.05. The summed E-state index contributed by atoms with van der Waals surface area (Å²) in [6, 6.07) is 18.3. The van der Waals surface area contributed by atoms with Gasteiger partial charge >= 0.3 is 0 Å². The fourth-order valence-electron chi connectivity index (χ4n) is 2.96. The zero-order chi connectivity index (χ0) is 16.8.